The molecule has 132 valence electrons. The number of ether oxygens (including phenoxy) is 1. The minimum Gasteiger partial charge on any atom is -0.489 e. The molecule has 1 N–H and O–H groups in total. The first kappa shape index (κ1) is 17.7. The lowest BCUT2D eigenvalue weighted by Gasteiger charge is -2.12. The molecule has 0 aromatic heterocycles. The largest absolute Gasteiger partial charge is 0.489 e. The van der Waals surface area contributed by atoms with E-state index >= 15 is 0 Å². The molecule has 0 aliphatic heterocycles. The van der Waals surface area contributed by atoms with E-state index in [-0.39, 0.29) is 11.8 Å². The van der Waals surface area contributed by atoms with Gasteiger partial charge in [0, 0.05) is 12.1 Å². The number of hydrogen-bond donors (Lipinski definition) is 1. The highest BCUT2D eigenvalue weighted by Gasteiger charge is 2.11. The summed E-state index contributed by atoms with van der Waals surface area (Å²) in [6, 6.07) is 27.6. The SMILES string of the molecule is CC(CC(=O)Nc1ccc(OCc2ccccc2)cc1)c1ccccc1. The van der Waals surface area contributed by atoms with Gasteiger partial charge in [-0.25, -0.2) is 0 Å². The number of carbonyl (C=O) groups excluding carboxylic acids is 1. The maximum Gasteiger partial charge on any atom is 0.224 e. The van der Waals surface area contributed by atoms with Gasteiger partial charge in [0.25, 0.3) is 0 Å². The Balaban J connectivity index is 1.50. The molecule has 0 aliphatic carbocycles. The molecule has 26 heavy (non-hydrogen) atoms. The van der Waals surface area contributed by atoms with Crippen molar-refractivity contribution in [3.8, 4) is 5.75 Å². The molecule has 3 heteroatoms. The van der Waals surface area contributed by atoms with E-state index in [0.29, 0.717) is 13.0 Å². The van der Waals surface area contributed by atoms with Crippen LogP contribution >= 0.6 is 0 Å². The molecular formula is C23H23NO2. The van der Waals surface area contributed by atoms with Gasteiger partial charge in [-0.15, -0.1) is 0 Å². The van der Waals surface area contributed by atoms with Crippen LogP contribution in [0.15, 0.2) is 84.9 Å². The van der Waals surface area contributed by atoms with Gasteiger partial charge in [0.1, 0.15) is 12.4 Å². The Labute approximate surface area is 154 Å². The summed E-state index contributed by atoms with van der Waals surface area (Å²) in [5.41, 5.74) is 3.08. The third-order valence-corrected chi connectivity index (χ3v) is 4.25. The molecule has 3 aromatic rings. The van der Waals surface area contributed by atoms with Gasteiger partial charge in [-0.3, -0.25) is 4.79 Å². The molecule has 1 unspecified atom stereocenters. The second-order valence-electron chi connectivity index (χ2n) is 6.36. The van der Waals surface area contributed by atoms with E-state index in [0.717, 1.165) is 17.0 Å². The van der Waals surface area contributed by atoms with Crippen LogP contribution in [0.2, 0.25) is 0 Å². The molecule has 0 radical (unpaired) electrons. The van der Waals surface area contributed by atoms with E-state index in [1.165, 1.54) is 5.56 Å². The van der Waals surface area contributed by atoms with E-state index in [9.17, 15) is 4.79 Å². The summed E-state index contributed by atoms with van der Waals surface area (Å²) in [6.45, 7) is 2.59. The Morgan fingerprint density at radius 2 is 1.50 bits per heavy atom. The van der Waals surface area contributed by atoms with Crippen molar-refractivity contribution < 1.29 is 9.53 Å². The van der Waals surface area contributed by atoms with Crippen LogP contribution in [-0.2, 0) is 11.4 Å². The zero-order valence-electron chi connectivity index (χ0n) is 14.9. The topological polar surface area (TPSA) is 38.3 Å². The molecule has 0 aliphatic rings. The summed E-state index contributed by atoms with van der Waals surface area (Å²) >= 11 is 0. The predicted molar refractivity (Wildman–Crippen MR) is 105 cm³/mol. The fraction of sp³-hybridized carbons (Fsp3) is 0.174. The molecule has 0 heterocycles. The number of nitrogens with one attached hydrogen (secondary N) is 1. The number of carbonyl (C=O) groups is 1. The number of anilines is 1. The molecule has 0 fully saturated rings. The van der Waals surface area contributed by atoms with Crippen molar-refractivity contribution in [2.24, 2.45) is 0 Å². The molecule has 3 aromatic carbocycles. The second-order valence-corrected chi connectivity index (χ2v) is 6.36. The highest BCUT2D eigenvalue weighted by atomic mass is 16.5. The van der Waals surface area contributed by atoms with Crippen LogP contribution < -0.4 is 10.1 Å². The average Bonchev–Trinajstić information content (AvgIpc) is 2.69. The summed E-state index contributed by atoms with van der Waals surface area (Å²) in [6.07, 6.45) is 0.455. The maximum atomic E-state index is 12.2. The number of benzene rings is 3. The van der Waals surface area contributed by atoms with Crippen molar-refractivity contribution in [3.05, 3.63) is 96.1 Å². The van der Waals surface area contributed by atoms with Crippen molar-refractivity contribution in [3.63, 3.8) is 0 Å². The monoisotopic (exact) mass is 345 g/mol. The van der Waals surface area contributed by atoms with Gasteiger partial charge < -0.3 is 10.1 Å². The van der Waals surface area contributed by atoms with E-state index in [1.54, 1.807) is 0 Å². The Hall–Kier alpha value is -3.07. The van der Waals surface area contributed by atoms with E-state index in [1.807, 2.05) is 72.8 Å². The minimum atomic E-state index is 0.0132. The second kappa shape index (κ2) is 8.86. The highest BCUT2D eigenvalue weighted by molar-refractivity contribution is 5.91. The van der Waals surface area contributed by atoms with Gasteiger partial charge in [-0.05, 0) is 41.3 Å². The Morgan fingerprint density at radius 3 is 2.15 bits per heavy atom. The fourth-order valence-corrected chi connectivity index (χ4v) is 2.76. The Morgan fingerprint density at radius 1 is 0.885 bits per heavy atom. The first-order valence-corrected chi connectivity index (χ1v) is 8.82. The van der Waals surface area contributed by atoms with Crippen LogP contribution in [0.1, 0.15) is 30.4 Å². The summed E-state index contributed by atoms with van der Waals surface area (Å²) < 4.78 is 5.76. The van der Waals surface area contributed by atoms with Crippen molar-refractivity contribution in [2.45, 2.75) is 25.9 Å². The van der Waals surface area contributed by atoms with Crippen LogP contribution in [0.5, 0.6) is 5.75 Å². The van der Waals surface area contributed by atoms with Crippen molar-refractivity contribution in [2.75, 3.05) is 5.32 Å². The Kier molecular flexibility index (Phi) is 6.05. The molecule has 1 amide bonds. The van der Waals surface area contributed by atoms with Gasteiger partial charge in [0.15, 0.2) is 0 Å². The number of hydrogen-bond acceptors (Lipinski definition) is 2. The third kappa shape index (κ3) is 5.21. The molecule has 3 nitrogen and oxygen atoms in total. The van der Waals surface area contributed by atoms with E-state index < -0.39 is 0 Å². The summed E-state index contributed by atoms with van der Waals surface area (Å²) in [5.74, 6) is 0.980. The number of amides is 1. The normalized spacial score (nSPS) is 11.6. The van der Waals surface area contributed by atoms with E-state index in [2.05, 4.69) is 24.4 Å². The zero-order valence-corrected chi connectivity index (χ0v) is 14.9. The molecule has 0 saturated heterocycles. The van der Waals surface area contributed by atoms with Gasteiger partial charge in [-0.2, -0.15) is 0 Å². The lowest BCUT2D eigenvalue weighted by molar-refractivity contribution is -0.116. The third-order valence-electron chi connectivity index (χ3n) is 4.25. The molecular weight excluding hydrogens is 322 g/mol. The van der Waals surface area contributed by atoms with Crippen LogP contribution in [0.25, 0.3) is 0 Å². The van der Waals surface area contributed by atoms with Crippen LogP contribution in [0.3, 0.4) is 0 Å². The predicted octanol–water partition coefficient (Wildman–Crippen LogP) is 5.40. The highest BCUT2D eigenvalue weighted by Crippen LogP contribution is 2.21. The summed E-state index contributed by atoms with van der Waals surface area (Å²) in [5, 5.41) is 2.95. The number of rotatable bonds is 7. The van der Waals surface area contributed by atoms with Crippen molar-refractivity contribution in [1.82, 2.24) is 0 Å². The van der Waals surface area contributed by atoms with E-state index in [4.69, 9.17) is 4.74 Å². The smallest absolute Gasteiger partial charge is 0.224 e. The molecule has 3 rings (SSSR count). The lowest BCUT2D eigenvalue weighted by atomic mass is 9.97. The van der Waals surface area contributed by atoms with Crippen molar-refractivity contribution in [1.29, 1.82) is 0 Å². The summed E-state index contributed by atoms with van der Waals surface area (Å²) in [4.78, 5) is 12.2. The molecule has 0 spiro atoms. The molecule has 0 saturated carbocycles. The van der Waals surface area contributed by atoms with Crippen LogP contribution in [-0.4, -0.2) is 5.91 Å². The standard InChI is InChI=1S/C23H23NO2/c1-18(20-10-6-3-7-11-20)16-23(25)24-21-12-14-22(15-13-21)26-17-19-8-4-2-5-9-19/h2-15,18H,16-17H2,1H3,(H,24,25). The summed E-state index contributed by atoms with van der Waals surface area (Å²) in [7, 11) is 0. The van der Waals surface area contributed by atoms with Crippen LogP contribution in [0.4, 0.5) is 5.69 Å². The Bertz CT molecular complexity index is 814. The molecule has 0 bridgehead atoms. The van der Waals surface area contributed by atoms with Gasteiger partial charge in [-0.1, -0.05) is 67.6 Å². The molecule has 1 atom stereocenters. The first-order valence-electron chi connectivity index (χ1n) is 8.82. The first-order chi connectivity index (χ1) is 12.7. The minimum absolute atomic E-state index is 0.0132. The zero-order chi connectivity index (χ0) is 18.2. The van der Waals surface area contributed by atoms with Gasteiger partial charge in [0.2, 0.25) is 5.91 Å². The maximum absolute atomic E-state index is 12.2. The quantitative estimate of drug-likeness (QED) is 0.623. The average molecular weight is 345 g/mol. The van der Waals surface area contributed by atoms with Crippen LogP contribution in [0, 0.1) is 0 Å². The fourth-order valence-electron chi connectivity index (χ4n) is 2.76. The lowest BCUT2D eigenvalue weighted by Crippen LogP contribution is -2.14. The van der Waals surface area contributed by atoms with Gasteiger partial charge in [0.05, 0.1) is 0 Å². The van der Waals surface area contributed by atoms with Crippen molar-refractivity contribution >= 4 is 11.6 Å². The van der Waals surface area contributed by atoms with Gasteiger partial charge >= 0.3 is 0 Å².